The Kier molecular flexibility index (Phi) is 7.85. The average Bonchev–Trinajstić information content (AvgIpc) is 3.25. The van der Waals surface area contributed by atoms with Gasteiger partial charge in [0.25, 0.3) is 0 Å². The zero-order valence-electron chi connectivity index (χ0n) is 20.4. The van der Waals surface area contributed by atoms with Crippen molar-refractivity contribution < 1.29 is 14.3 Å². The molecule has 188 valence electrons. The van der Waals surface area contributed by atoms with Crippen molar-refractivity contribution in [2.24, 2.45) is 0 Å². The van der Waals surface area contributed by atoms with Gasteiger partial charge in [0.1, 0.15) is 5.49 Å². The normalized spacial score (nSPS) is 11.0. The number of amides is 1. The van der Waals surface area contributed by atoms with Crippen molar-refractivity contribution >= 4 is 40.3 Å². The zero-order valence-corrected chi connectivity index (χ0v) is 22.0. The molecule has 0 radical (unpaired) electrons. The van der Waals surface area contributed by atoms with E-state index in [4.69, 9.17) is 26.5 Å². The van der Waals surface area contributed by atoms with Gasteiger partial charge >= 0.3 is 0 Å². The third-order valence-corrected chi connectivity index (χ3v) is 7.13. The average molecular weight is 527 g/mol. The second-order valence-electron chi connectivity index (χ2n) is 8.09. The molecule has 2 heterocycles. The lowest BCUT2D eigenvalue weighted by molar-refractivity contribution is -0.118. The van der Waals surface area contributed by atoms with E-state index < -0.39 is 0 Å². The number of methoxy groups -OCH3 is 2. The molecule has 0 fully saturated rings. The molecule has 36 heavy (non-hydrogen) atoms. The minimum atomic E-state index is -0.138. The molecule has 0 unspecified atom stereocenters. The van der Waals surface area contributed by atoms with Crippen molar-refractivity contribution in [2.45, 2.75) is 25.4 Å². The number of aromatic amines is 1. The van der Waals surface area contributed by atoms with Crippen molar-refractivity contribution in [1.29, 1.82) is 5.41 Å². The summed E-state index contributed by atoms with van der Waals surface area (Å²) in [5.74, 6) is 1.31. The molecular weight excluding hydrogens is 500 g/mol. The molecule has 0 saturated carbocycles. The second-order valence-corrected chi connectivity index (χ2v) is 9.44. The standard InChI is InChI=1S/C25H27ClN6O3S/c1-14-17(26)6-5-7-18(14)32-23(27)22-15(2)30-31-24(22)29-25(32)36-13-21(33)28-11-10-16-8-9-19(34-3)20(12-16)35-4/h5-9,12,27H,10-11,13H2,1-4H3,(H,28,33)(H,30,31). The summed E-state index contributed by atoms with van der Waals surface area (Å²) in [5, 5.41) is 20.6. The second kappa shape index (κ2) is 11.0. The number of thioether (sulfide) groups is 1. The number of ether oxygens (including phenoxy) is 2. The fourth-order valence-electron chi connectivity index (χ4n) is 3.85. The van der Waals surface area contributed by atoms with Gasteiger partial charge in [-0.05, 0) is 55.7 Å². The van der Waals surface area contributed by atoms with Crippen LogP contribution < -0.4 is 20.3 Å². The van der Waals surface area contributed by atoms with Gasteiger partial charge in [-0.3, -0.25) is 19.9 Å². The Morgan fingerprint density at radius 3 is 2.72 bits per heavy atom. The van der Waals surface area contributed by atoms with Crippen LogP contribution in [-0.2, 0) is 11.2 Å². The Bertz CT molecular complexity index is 1480. The number of aryl methyl sites for hydroxylation is 1. The minimum absolute atomic E-state index is 0.132. The lowest BCUT2D eigenvalue weighted by Crippen LogP contribution is -2.28. The molecule has 0 aliphatic carbocycles. The topological polar surface area (TPSA) is 118 Å². The van der Waals surface area contributed by atoms with Crippen molar-refractivity contribution in [3.05, 3.63) is 63.7 Å². The Labute approximate surface area is 217 Å². The van der Waals surface area contributed by atoms with E-state index in [1.54, 1.807) is 24.9 Å². The van der Waals surface area contributed by atoms with Gasteiger partial charge in [-0.25, -0.2) is 4.98 Å². The van der Waals surface area contributed by atoms with E-state index in [1.165, 1.54) is 11.8 Å². The first-order chi connectivity index (χ1) is 17.3. The number of carbonyl (C=O) groups excluding carboxylic acids is 1. The highest BCUT2D eigenvalue weighted by molar-refractivity contribution is 7.99. The summed E-state index contributed by atoms with van der Waals surface area (Å²) in [6, 6.07) is 11.2. The van der Waals surface area contributed by atoms with Gasteiger partial charge in [0.15, 0.2) is 22.3 Å². The van der Waals surface area contributed by atoms with E-state index in [0.717, 1.165) is 22.5 Å². The van der Waals surface area contributed by atoms with Crippen LogP contribution >= 0.6 is 23.4 Å². The molecule has 0 aliphatic rings. The highest BCUT2D eigenvalue weighted by atomic mass is 35.5. The lowest BCUT2D eigenvalue weighted by Gasteiger charge is -2.16. The summed E-state index contributed by atoms with van der Waals surface area (Å²) in [7, 11) is 3.19. The van der Waals surface area contributed by atoms with Crippen molar-refractivity contribution in [3.63, 3.8) is 0 Å². The van der Waals surface area contributed by atoms with Gasteiger partial charge in [0, 0.05) is 17.3 Å². The third-order valence-electron chi connectivity index (χ3n) is 5.78. The fraction of sp³-hybridized carbons (Fsp3) is 0.280. The molecular formula is C25H27ClN6O3S. The number of halogens is 1. The van der Waals surface area contributed by atoms with Crippen LogP contribution in [0, 0.1) is 19.3 Å². The van der Waals surface area contributed by atoms with Crippen LogP contribution in [0.15, 0.2) is 41.6 Å². The van der Waals surface area contributed by atoms with Gasteiger partial charge in [-0.15, -0.1) is 0 Å². The van der Waals surface area contributed by atoms with E-state index in [-0.39, 0.29) is 17.1 Å². The molecule has 0 atom stereocenters. The van der Waals surface area contributed by atoms with Gasteiger partial charge in [-0.2, -0.15) is 5.10 Å². The Morgan fingerprint density at radius 1 is 1.19 bits per heavy atom. The van der Waals surface area contributed by atoms with Crippen molar-refractivity contribution in [3.8, 4) is 17.2 Å². The summed E-state index contributed by atoms with van der Waals surface area (Å²) in [5.41, 5.74) is 3.99. The number of aromatic nitrogens is 4. The first-order valence-electron chi connectivity index (χ1n) is 11.2. The Balaban J connectivity index is 1.51. The third kappa shape index (κ3) is 5.19. The molecule has 1 amide bonds. The maximum Gasteiger partial charge on any atom is 0.230 e. The van der Waals surface area contributed by atoms with Crippen molar-refractivity contribution in [1.82, 2.24) is 25.1 Å². The molecule has 0 aliphatic heterocycles. The first-order valence-corrected chi connectivity index (χ1v) is 12.6. The van der Waals surface area contributed by atoms with Crippen LogP contribution in [0.1, 0.15) is 16.8 Å². The summed E-state index contributed by atoms with van der Waals surface area (Å²) in [4.78, 5) is 17.3. The smallest absolute Gasteiger partial charge is 0.230 e. The number of rotatable bonds is 9. The summed E-state index contributed by atoms with van der Waals surface area (Å²) >= 11 is 7.62. The molecule has 2 aromatic heterocycles. The maximum absolute atomic E-state index is 12.6. The minimum Gasteiger partial charge on any atom is -0.493 e. The number of H-pyrrole nitrogens is 1. The highest BCUT2D eigenvalue weighted by Gasteiger charge is 2.18. The van der Waals surface area contributed by atoms with Crippen LogP contribution in [-0.4, -0.2) is 52.2 Å². The highest BCUT2D eigenvalue weighted by Crippen LogP contribution is 2.28. The van der Waals surface area contributed by atoms with Gasteiger partial charge in [0.05, 0.1) is 31.0 Å². The maximum atomic E-state index is 12.6. The number of nitrogens with zero attached hydrogens (tertiary/aromatic N) is 3. The SMILES string of the molecule is COc1ccc(CCNC(=O)CSc2nc3n[nH]c(C)c3c(=N)n2-c2cccc(Cl)c2C)cc1OC. The van der Waals surface area contributed by atoms with Gasteiger partial charge in [-0.1, -0.05) is 35.5 Å². The molecule has 4 aromatic rings. The van der Waals surface area contributed by atoms with E-state index in [9.17, 15) is 4.79 Å². The fourth-order valence-corrected chi connectivity index (χ4v) is 4.85. The van der Waals surface area contributed by atoms with Gasteiger partial charge in [0.2, 0.25) is 5.91 Å². The number of benzene rings is 2. The number of carbonyl (C=O) groups is 1. The van der Waals surface area contributed by atoms with Gasteiger partial charge < -0.3 is 14.8 Å². The van der Waals surface area contributed by atoms with E-state index in [2.05, 4.69) is 20.5 Å². The first kappa shape index (κ1) is 25.6. The summed E-state index contributed by atoms with van der Waals surface area (Å²) < 4.78 is 12.3. The van der Waals surface area contributed by atoms with E-state index >= 15 is 0 Å². The molecule has 0 saturated heterocycles. The number of fused-ring (bicyclic) bond motifs is 1. The predicted octanol–water partition coefficient (Wildman–Crippen LogP) is 3.97. The van der Waals surface area contributed by atoms with Crippen molar-refractivity contribution in [2.75, 3.05) is 26.5 Å². The lowest BCUT2D eigenvalue weighted by atomic mass is 10.1. The Morgan fingerprint density at radius 2 is 1.97 bits per heavy atom. The Hall–Kier alpha value is -3.50. The molecule has 4 rings (SSSR count). The molecule has 3 N–H and O–H groups in total. The number of nitrogens with one attached hydrogen (secondary N) is 3. The molecule has 11 heteroatoms. The monoisotopic (exact) mass is 526 g/mol. The quantitative estimate of drug-likeness (QED) is 0.224. The molecule has 2 aromatic carbocycles. The molecule has 9 nitrogen and oxygen atoms in total. The van der Waals surface area contributed by atoms with Crippen LogP contribution in [0.5, 0.6) is 11.5 Å². The predicted molar refractivity (Wildman–Crippen MR) is 141 cm³/mol. The molecule has 0 spiro atoms. The largest absolute Gasteiger partial charge is 0.493 e. The van der Waals surface area contributed by atoms with Crippen LogP contribution in [0.25, 0.3) is 16.7 Å². The zero-order chi connectivity index (χ0) is 25.8. The van der Waals surface area contributed by atoms with Crippen LogP contribution in [0.2, 0.25) is 5.02 Å². The molecule has 0 bridgehead atoms. The summed E-state index contributed by atoms with van der Waals surface area (Å²) in [6.45, 7) is 4.21. The van der Waals surface area contributed by atoms with Crippen LogP contribution in [0.3, 0.4) is 0 Å². The summed E-state index contributed by atoms with van der Waals surface area (Å²) in [6.07, 6.45) is 0.645. The van der Waals surface area contributed by atoms with E-state index in [1.807, 2.05) is 44.2 Å². The number of hydrogen-bond acceptors (Lipinski definition) is 7. The number of hydrogen-bond donors (Lipinski definition) is 3. The van der Waals surface area contributed by atoms with Crippen LogP contribution in [0.4, 0.5) is 0 Å². The van der Waals surface area contributed by atoms with E-state index in [0.29, 0.717) is 45.7 Å².